The molecule has 1 N–H and O–H groups in total. The van der Waals surface area contributed by atoms with Crippen LogP contribution < -0.4 is 14.8 Å². The highest BCUT2D eigenvalue weighted by atomic mass is 35.5. The van der Waals surface area contributed by atoms with Gasteiger partial charge in [0.25, 0.3) is 0 Å². The molecule has 1 atom stereocenters. The second-order valence-corrected chi connectivity index (χ2v) is 6.39. The third kappa shape index (κ3) is 5.94. The Morgan fingerprint density at radius 3 is 2.76 bits per heavy atom. The number of methoxy groups -OCH3 is 1. The molecule has 2 aromatic rings. The van der Waals surface area contributed by atoms with Crippen LogP contribution in [0.1, 0.15) is 30.4 Å². The molecule has 1 fully saturated rings. The van der Waals surface area contributed by atoms with E-state index in [1.54, 1.807) is 7.11 Å². The molecule has 1 aliphatic heterocycles. The van der Waals surface area contributed by atoms with Gasteiger partial charge in [0.05, 0.1) is 13.7 Å². The first kappa shape index (κ1) is 19.6. The predicted molar refractivity (Wildman–Crippen MR) is 105 cm³/mol. The first-order valence-corrected chi connectivity index (χ1v) is 8.92. The molecule has 0 spiro atoms. The van der Waals surface area contributed by atoms with E-state index in [1.165, 1.54) is 24.0 Å². The predicted octanol–water partition coefficient (Wildman–Crippen LogP) is 4.42. The standard InChI is InChI=1S/C21H27NO2.ClH/c1-23-20-9-4-6-17(16-20)11-12-18-7-2-3-10-21(18)24-15-13-19-8-5-14-22-19;/h2-4,6-7,9-10,16,19,22H,5,8,11-15H2,1H3;1H. The summed E-state index contributed by atoms with van der Waals surface area (Å²) in [7, 11) is 1.71. The number of aryl methyl sites for hydroxylation is 2. The SMILES string of the molecule is COc1cccc(CCc2ccccc2OCCC2CCCN2)c1.Cl. The Morgan fingerprint density at radius 1 is 1.08 bits per heavy atom. The topological polar surface area (TPSA) is 30.5 Å². The number of hydrogen-bond acceptors (Lipinski definition) is 3. The lowest BCUT2D eigenvalue weighted by Gasteiger charge is -2.14. The van der Waals surface area contributed by atoms with Gasteiger partial charge in [-0.15, -0.1) is 12.4 Å². The maximum Gasteiger partial charge on any atom is 0.122 e. The minimum absolute atomic E-state index is 0. The highest BCUT2D eigenvalue weighted by Gasteiger charge is 2.14. The van der Waals surface area contributed by atoms with Crippen molar-refractivity contribution >= 4 is 12.4 Å². The van der Waals surface area contributed by atoms with Crippen molar-refractivity contribution in [3.05, 3.63) is 59.7 Å². The Morgan fingerprint density at radius 2 is 1.96 bits per heavy atom. The van der Waals surface area contributed by atoms with Gasteiger partial charge in [-0.1, -0.05) is 30.3 Å². The molecule has 0 saturated carbocycles. The summed E-state index contributed by atoms with van der Waals surface area (Å²) in [6, 6.07) is 17.3. The third-order valence-corrected chi connectivity index (χ3v) is 4.68. The van der Waals surface area contributed by atoms with E-state index < -0.39 is 0 Å². The first-order valence-electron chi connectivity index (χ1n) is 8.92. The van der Waals surface area contributed by atoms with Crippen molar-refractivity contribution in [1.82, 2.24) is 5.32 Å². The molecule has 136 valence electrons. The van der Waals surface area contributed by atoms with Crippen LogP contribution in [-0.4, -0.2) is 26.3 Å². The summed E-state index contributed by atoms with van der Waals surface area (Å²) in [5.74, 6) is 1.94. The second-order valence-electron chi connectivity index (χ2n) is 6.39. The molecule has 1 unspecified atom stereocenters. The van der Waals surface area contributed by atoms with Crippen molar-refractivity contribution in [2.75, 3.05) is 20.3 Å². The van der Waals surface area contributed by atoms with Crippen LogP contribution in [0.2, 0.25) is 0 Å². The van der Waals surface area contributed by atoms with E-state index in [2.05, 4.69) is 41.7 Å². The smallest absolute Gasteiger partial charge is 0.122 e. The van der Waals surface area contributed by atoms with Gasteiger partial charge in [-0.05, 0) is 68.0 Å². The number of rotatable bonds is 8. The fourth-order valence-electron chi connectivity index (χ4n) is 3.27. The number of halogens is 1. The fraction of sp³-hybridized carbons (Fsp3) is 0.429. The van der Waals surface area contributed by atoms with Gasteiger partial charge in [-0.2, -0.15) is 0 Å². The largest absolute Gasteiger partial charge is 0.497 e. The monoisotopic (exact) mass is 361 g/mol. The van der Waals surface area contributed by atoms with Gasteiger partial charge in [0, 0.05) is 6.04 Å². The van der Waals surface area contributed by atoms with Gasteiger partial charge in [-0.25, -0.2) is 0 Å². The van der Waals surface area contributed by atoms with Gasteiger partial charge in [0.15, 0.2) is 0 Å². The average Bonchev–Trinajstić information content (AvgIpc) is 3.14. The molecule has 3 nitrogen and oxygen atoms in total. The van der Waals surface area contributed by atoms with E-state index in [1.807, 2.05) is 12.1 Å². The van der Waals surface area contributed by atoms with Crippen LogP contribution in [0.4, 0.5) is 0 Å². The summed E-state index contributed by atoms with van der Waals surface area (Å²) in [4.78, 5) is 0. The van der Waals surface area contributed by atoms with Crippen molar-refractivity contribution in [1.29, 1.82) is 0 Å². The summed E-state index contributed by atoms with van der Waals surface area (Å²) in [6.07, 6.45) is 5.62. The number of ether oxygens (including phenoxy) is 2. The van der Waals surface area contributed by atoms with E-state index in [0.29, 0.717) is 6.04 Å². The summed E-state index contributed by atoms with van der Waals surface area (Å²) in [5.41, 5.74) is 2.57. The van der Waals surface area contributed by atoms with Gasteiger partial charge >= 0.3 is 0 Å². The van der Waals surface area contributed by atoms with Gasteiger partial charge in [0.1, 0.15) is 11.5 Å². The van der Waals surface area contributed by atoms with Crippen LogP contribution in [0.3, 0.4) is 0 Å². The maximum absolute atomic E-state index is 6.07. The van der Waals surface area contributed by atoms with Crippen LogP contribution in [0.5, 0.6) is 11.5 Å². The molecule has 4 heteroatoms. The molecule has 2 aromatic carbocycles. The molecular weight excluding hydrogens is 334 g/mol. The third-order valence-electron chi connectivity index (χ3n) is 4.68. The van der Waals surface area contributed by atoms with Crippen molar-refractivity contribution in [3.8, 4) is 11.5 Å². The molecule has 0 amide bonds. The molecule has 3 rings (SSSR count). The molecule has 1 saturated heterocycles. The molecule has 1 aliphatic rings. The van der Waals surface area contributed by atoms with Gasteiger partial charge in [-0.3, -0.25) is 0 Å². The van der Waals surface area contributed by atoms with Crippen LogP contribution >= 0.6 is 12.4 Å². The average molecular weight is 362 g/mol. The lowest BCUT2D eigenvalue weighted by Crippen LogP contribution is -2.23. The summed E-state index contributed by atoms with van der Waals surface area (Å²) in [5, 5.41) is 3.52. The Hall–Kier alpha value is -1.71. The zero-order valence-electron chi connectivity index (χ0n) is 14.9. The summed E-state index contributed by atoms with van der Waals surface area (Å²) in [6.45, 7) is 1.94. The molecule has 0 bridgehead atoms. The minimum Gasteiger partial charge on any atom is -0.497 e. The van der Waals surface area contributed by atoms with Crippen molar-refractivity contribution < 1.29 is 9.47 Å². The Kier molecular flexibility index (Phi) is 8.10. The van der Waals surface area contributed by atoms with Crippen molar-refractivity contribution in [3.63, 3.8) is 0 Å². The van der Waals surface area contributed by atoms with E-state index in [4.69, 9.17) is 9.47 Å². The summed E-state index contributed by atoms with van der Waals surface area (Å²) < 4.78 is 11.4. The Labute approximate surface area is 157 Å². The molecule has 0 aromatic heterocycles. The number of para-hydroxylation sites is 1. The molecular formula is C21H28ClNO2. The van der Waals surface area contributed by atoms with E-state index in [9.17, 15) is 0 Å². The Bertz CT molecular complexity index is 641. The molecule has 25 heavy (non-hydrogen) atoms. The zero-order chi connectivity index (χ0) is 16.6. The first-order chi connectivity index (χ1) is 11.8. The second kappa shape index (κ2) is 10.3. The highest BCUT2D eigenvalue weighted by molar-refractivity contribution is 5.85. The maximum atomic E-state index is 6.07. The zero-order valence-corrected chi connectivity index (χ0v) is 15.7. The van der Waals surface area contributed by atoms with E-state index in [0.717, 1.165) is 43.9 Å². The van der Waals surface area contributed by atoms with Crippen molar-refractivity contribution in [2.24, 2.45) is 0 Å². The van der Waals surface area contributed by atoms with E-state index >= 15 is 0 Å². The number of nitrogens with one attached hydrogen (secondary N) is 1. The van der Waals surface area contributed by atoms with Gasteiger partial charge in [0.2, 0.25) is 0 Å². The van der Waals surface area contributed by atoms with Crippen molar-refractivity contribution in [2.45, 2.75) is 38.1 Å². The van der Waals surface area contributed by atoms with E-state index in [-0.39, 0.29) is 12.4 Å². The Balaban J connectivity index is 0.00000225. The fourth-order valence-corrected chi connectivity index (χ4v) is 3.27. The minimum atomic E-state index is 0. The highest BCUT2D eigenvalue weighted by Crippen LogP contribution is 2.22. The molecule has 0 radical (unpaired) electrons. The summed E-state index contributed by atoms with van der Waals surface area (Å²) >= 11 is 0. The van der Waals surface area contributed by atoms with Gasteiger partial charge < -0.3 is 14.8 Å². The normalized spacial score (nSPS) is 16.3. The quantitative estimate of drug-likeness (QED) is 0.754. The van der Waals surface area contributed by atoms with Crippen LogP contribution in [-0.2, 0) is 12.8 Å². The van der Waals surface area contributed by atoms with Crippen LogP contribution in [0.15, 0.2) is 48.5 Å². The lowest BCUT2D eigenvalue weighted by molar-refractivity contribution is 0.289. The molecule has 1 heterocycles. The number of benzene rings is 2. The lowest BCUT2D eigenvalue weighted by atomic mass is 10.0. The van der Waals surface area contributed by atoms with Crippen LogP contribution in [0, 0.1) is 0 Å². The number of hydrogen-bond donors (Lipinski definition) is 1. The molecule has 0 aliphatic carbocycles. The van der Waals surface area contributed by atoms with Crippen LogP contribution in [0.25, 0.3) is 0 Å².